The Balaban J connectivity index is 2.10. The van der Waals surface area contributed by atoms with E-state index in [1.807, 2.05) is 19.4 Å². The van der Waals surface area contributed by atoms with E-state index in [4.69, 9.17) is 0 Å². The molecule has 0 bridgehead atoms. The van der Waals surface area contributed by atoms with Crippen LogP contribution in [-0.2, 0) is 18.3 Å². The summed E-state index contributed by atoms with van der Waals surface area (Å²) in [4.78, 5) is 11.6. The average molecular weight is 222 g/mol. The second kappa shape index (κ2) is 7.20. The van der Waals surface area contributed by atoms with Crippen LogP contribution in [-0.4, -0.2) is 15.6 Å². The fourth-order valence-corrected chi connectivity index (χ4v) is 1.76. The van der Waals surface area contributed by atoms with Gasteiger partial charge in [0.2, 0.25) is 0 Å². The van der Waals surface area contributed by atoms with Gasteiger partial charge in [-0.05, 0) is 18.4 Å². The van der Waals surface area contributed by atoms with Crippen LogP contribution < -0.4 is 0 Å². The van der Waals surface area contributed by atoms with Crippen molar-refractivity contribution in [2.45, 2.75) is 51.9 Å². The second-order valence-electron chi connectivity index (χ2n) is 4.37. The van der Waals surface area contributed by atoms with Crippen LogP contribution in [0.25, 0.3) is 0 Å². The first-order chi connectivity index (χ1) is 7.72. The molecule has 0 fully saturated rings. The predicted molar refractivity (Wildman–Crippen MR) is 65.3 cm³/mol. The van der Waals surface area contributed by atoms with Gasteiger partial charge in [-0.1, -0.05) is 26.2 Å². The molecule has 1 rings (SSSR count). The van der Waals surface area contributed by atoms with Crippen LogP contribution in [0.1, 0.15) is 51.0 Å². The normalized spacial score (nSPS) is 10.6. The lowest BCUT2D eigenvalue weighted by Gasteiger charge is -1.99. The van der Waals surface area contributed by atoms with Crippen LogP contribution in [0.4, 0.5) is 0 Å². The first-order valence-electron chi connectivity index (χ1n) is 6.21. The Morgan fingerprint density at radius 1 is 1.31 bits per heavy atom. The molecule has 3 heteroatoms. The number of ketones is 1. The summed E-state index contributed by atoms with van der Waals surface area (Å²) in [5.74, 6) is 0.389. The highest BCUT2D eigenvalue weighted by Gasteiger charge is 2.03. The smallest absolute Gasteiger partial charge is 0.133 e. The van der Waals surface area contributed by atoms with Gasteiger partial charge in [0.15, 0.2) is 0 Å². The zero-order valence-corrected chi connectivity index (χ0v) is 10.4. The average Bonchev–Trinajstić information content (AvgIpc) is 2.68. The standard InChI is InChI=1S/C13H22N2O/c1-3-4-5-6-7-13(16)9-8-12-10-14-15(2)11-12/h10-11H,3-9H2,1-2H3. The molecule has 0 aliphatic heterocycles. The minimum atomic E-state index is 0.389. The number of Topliss-reactive ketones (excluding diaryl/α,β-unsaturated/α-hetero) is 1. The summed E-state index contributed by atoms with van der Waals surface area (Å²) in [6, 6.07) is 0. The monoisotopic (exact) mass is 222 g/mol. The molecule has 0 aromatic carbocycles. The minimum Gasteiger partial charge on any atom is -0.300 e. The van der Waals surface area contributed by atoms with Gasteiger partial charge in [-0.2, -0.15) is 5.10 Å². The van der Waals surface area contributed by atoms with E-state index in [-0.39, 0.29) is 0 Å². The predicted octanol–water partition coefficient (Wildman–Crippen LogP) is 2.89. The lowest BCUT2D eigenvalue weighted by Crippen LogP contribution is -1.99. The Kier molecular flexibility index (Phi) is 5.83. The number of aromatic nitrogens is 2. The quantitative estimate of drug-likeness (QED) is 0.634. The van der Waals surface area contributed by atoms with Crippen molar-refractivity contribution in [3.05, 3.63) is 18.0 Å². The molecule has 0 unspecified atom stereocenters. The lowest BCUT2D eigenvalue weighted by molar-refractivity contribution is -0.119. The number of rotatable bonds is 8. The van der Waals surface area contributed by atoms with E-state index in [0.29, 0.717) is 12.2 Å². The number of carbonyl (C=O) groups excluding carboxylic acids is 1. The van der Waals surface area contributed by atoms with Crippen LogP contribution in [0.2, 0.25) is 0 Å². The molecule has 0 aliphatic carbocycles. The maximum Gasteiger partial charge on any atom is 0.133 e. The van der Waals surface area contributed by atoms with Gasteiger partial charge in [0.25, 0.3) is 0 Å². The molecule has 0 amide bonds. The third kappa shape index (κ3) is 5.10. The molecule has 1 heterocycles. The zero-order valence-electron chi connectivity index (χ0n) is 10.4. The minimum absolute atomic E-state index is 0.389. The molecule has 0 atom stereocenters. The topological polar surface area (TPSA) is 34.9 Å². The van der Waals surface area contributed by atoms with Crippen LogP contribution >= 0.6 is 0 Å². The number of carbonyl (C=O) groups is 1. The van der Waals surface area contributed by atoms with Crippen molar-refractivity contribution in [1.82, 2.24) is 9.78 Å². The van der Waals surface area contributed by atoms with Crippen LogP contribution in [0.3, 0.4) is 0 Å². The maximum atomic E-state index is 11.6. The fraction of sp³-hybridized carbons (Fsp3) is 0.692. The largest absolute Gasteiger partial charge is 0.300 e. The molecular weight excluding hydrogens is 200 g/mol. The molecule has 1 aromatic rings. The van der Waals surface area contributed by atoms with Crippen molar-refractivity contribution >= 4 is 5.78 Å². The van der Waals surface area contributed by atoms with Crippen molar-refractivity contribution in [2.75, 3.05) is 0 Å². The van der Waals surface area contributed by atoms with Gasteiger partial charge in [-0.3, -0.25) is 9.48 Å². The van der Waals surface area contributed by atoms with E-state index < -0.39 is 0 Å². The summed E-state index contributed by atoms with van der Waals surface area (Å²) in [5, 5.41) is 4.09. The van der Waals surface area contributed by atoms with Crippen molar-refractivity contribution in [3.8, 4) is 0 Å². The highest BCUT2D eigenvalue weighted by atomic mass is 16.1. The Morgan fingerprint density at radius 2 is 2.12 bits per heavy atom. The molecule has 0 saturated heterocycles. The third-order valence-corrected chi connectivity index (χ3v) is 2.76. The van der Waals surface area contributed by atoms with E-state index in [0.717, 1.165) is 24.8 Å². The van der Waals surface area contributed by atoms with Crippen molar-refractivity contribution in [2.24, 2.45) is 7.05 Å². The lowest BCUT2D eigenvalue weighted by atomic mass is 10.1. The molecule has 0 N–H and O–H groups in total. The van der Waals surface area contributed by atoms with Gasteiger partial charge in [0, 0.05) is 26.1 Å². The molecule has 0 spiro atoms. The van der Waals surface area contributed by atoms with Crippen LogP contribution in [0.15, 0.2) is 12.4 Å². The van der Waals surface area contributed by atoms with Crippen molar-refractivity contribution in [1.29, 1.82) is 0 Å². The summed E-state index contributed by atoms with van der Waals surface area (Å²) in [7, 11) is 1.90. The van der Waals surface area contributed by atoms with Crippen molar-refractivity contribution in [3.63, 3.8) is 0 Å². The zero-order chi connectivity index (χ0) is 11.8. The number of unbranched alkanes of at least 4 members (excludes halogenated alkanes) is 3. The van der Waals surface area contributed by atoms with Gasteiger partial charge in [-0.15, -0.1) is 0 Å². The Morgan fingerprint density at radius 3 is 2.75 bits per heavy atom. The van der Waals surface area contributed by atoms with E-state index in [9.17, 15) is 4.79 Å². The molecular formula is C13H22N2O. The van der Waals surface area contributed by atoms with Gasteiger partial charge in [-0.25, -0.2) is 0 Å². The van der Waals surface area contributed by atoms with Crippen LogP contribution in [0.5, 0.6) is 0 Å². The first-order valence-corrected chi connectivity index (χ1v) is 6.21. The molecule has 16 heavy (non-hydrogen) atoms. The van der Waals surface area contributed by atoms with E-state index in [1.165, 1.54) is 19.3 Å². The number of hydrogen-bond donors (Lipinski definition) is 0. The van der Waals surface area contributed by atoms with Gasteiger partial charge < -0.3 is 0 Å². The first kappa shape index (κ1) is 12.9. The summed E-state index contributed by atoms with van der Waals surface area (Å²) < 4.78 is 1.78. The summed E-state index contributed by atoms with van der Waals surface area (Å²) in [6.45, 7) is 2.18. The van der Waals surface area contributed by atoms with Gasteiger partial charge in [0.1, 0.15) is 5.78 Å². The summed E-state index contributed by atoms with van der Waals surface area (Å²) in [5.41, 5.74) is 1.16. The van der Waals surface area contributed by atoms with Gasteiger partial charge in [0.05, 0.1) is 6.20 Å². The highest BCUT2D eigenvalue weighted by Crippen LogP contribution is 2.07. The van der Waals surface area contributed by atoms with E-state index >= 15 is 0 Å². The molecule has 3 nitrogen and oxygen atoms in total. The second-order valence-corrected chi connectivity index (χ2v) is 4.37. The van der Waals surface area contributed by atoms with Crippen molar-refractivity contribution < 1.29 is 4.79 Å². The Hall–Kier alpha value is -1.12. The molecule has 0 saturated carbocycles. The SMILES string of the molecule is CCCCCCC(=O)CCc1cnn(C)c1. The fourth-order valence-electron chi connectivity index (χ4n) is 1.76. The van der Waals surface area contributed by atoms with E-state index in [1.54, 1.807) is 4.68 Å². The number of hydrogen-bond acceptors (Lipinski definition) is 2. The van der Waals surface area contributed by atoms with Gasteiger partial charge >= 0.3 is 0 Å². The number of aryl methyl sites for hydroxylation is 2. The molecule has 0 radical (unpaired) electrons. The highest BCUT2D eigenvalue weighted by molar-refractivity contribution is 5.78. The molecule has 1 aromatic heterocycles. The van der Waals surface area contributed by atoms with E-state index in [2.05, 4.69) is 12.0 Å². The van der Waals surface area contributed by atoms with Crippen LogP contribution in [0, 0.1) is 0 Å². The Labute approximate surface area is 97.8 Å². The molecule has 0 aliphatic rings. The number of nitrogens with zero attached hydrogens (tertiary/aromatic N) is 2. The summed E-state index contributed by atoms with van der Waals surface area (Å²) >= 11 is 0. The maximum absolute atomic E-state index is 11.6. The third-order valence-electron chi connectivity index (χ3n) is 2.76. The Bertz CT molecular complexity index is 317. The summed E-state index contributed by atoms with van der Waals surface area (Å²) in [6.07, 6.45) is 10.8. The molecule has 90 valence electrons.